The minimum absolute atomic E-state index is 0.207. The van der Waals surface area contributed by atoms with E-state index in [1.807, 2.05) is 0 Å². The van der Waals surface area contributed by atoms with Crippen LogP contribution in [0, 0.1) is 0 Å². The smallest absolute Gasteiger partial charge is 0.0462 e. The Morgan fingerprint density at radius 2 is 0.537 bits per heavy atom. The van der Waals surface area contributed by atoms with Crippen LogP contribution in [0.2, 0.25) is 0 Å². The SMILES string of the molecule is C(=Cc1ccc(C(c2ccccc2)c2ccccc2)cc1)c1ccc(-c2ccc(C=Cc3ccc(N(c4ccccc4)c4ccccc4)cc3)cc2)cc1. The molecule has 0 unspecified atom stereocenters. The Labute approximate surface area is 319 Å². The average Bonchev–Trinajstić information content (AvgIpc) is 3.25. The van der Waals surface area contributed by atoms with E-state index in [-0.39, 0.29) is 5.92 Å². The third kappa shape index (κ3) is 8.23. The molecule has 0 aromatic heterocycles. The maximum atomic E-state index is 2.28. The Morgan fingerprint density at radius 3 is 0.907 bits per heavy atom. The van der Waals surface area contributed by atoms with Crippen LogP contribution in [0.5, 0.6) is 0 Å². The van der Waals surface area contributed by atoms with Gasteiger partial charge in [-0.1, -0.05) is 206 Å². The van der Waals surface area contributed by atoms with Crippen molar-refractivity contribution in [1.82, 2.24) is 0 Å². The lowest BCUT2D eigenvalue weighted by Crippen LogP contribution is -2.09. The molecular formula is C53H41N. The highest BCUT2D eigenvalue weighted by Gasteiger charge is 2.16. The minimum atomic E-state index is 0.207. The molecule has 0 atom stereocenters. The molecule has 0 amide bonds. The molecular weight excluding hydrogens is 651 g/mol. The van der Waals surface area contributed by atoms with Crippen LogP contribution >= 0.6 is 0 Å². The van der Waals surface area contributed by atoms with Crippen LogP contribution < -0.4 is 4.90 Å². The van der Waals surface area contributed by atoms with Gasteiger partial charge in [-0.3, -0.25) is 0 Å². The summed E-state index contributed by atoms with van der Waals surface area (Å²) in [6.45, 7) is 0. The average molecular weight is 692 g/mol. The molecule has 0 saturated carbocycles. The molecule has 8 aromatic carbocycles. The molecule has 8 aromatic rings. The molecule has 0 bridgehead atoms. The molecule has 0 heterocycles. The topological polar surface area (TPSA) is 3.24 Å². The van der Waals surface area contributed by atoms with Gasteiger partial charge in [-0.15, -0.1) is 0 Å². The van der Waals surface area contributed by atoms with Gasteiger partial charge >= 0.3 is 0 Å². The predicted molar refractivity (Wildman–Crippen MR) is 231 cm³/mol. The fourth-order valence-corrected chi connectivity index (χ4v) is 6.96. The standard InChI is InChI=1S/C53H41N/c1-5-13-47(14-6-1)53(48-15-7-2-8-16-48)49-37-29-43(30-38-49)22-21-41-25-33-45(34-26-41)46-35-27-42(28-36-46)23-24-44-31-39-52(40-32-44)54(50-17-9-3-10-18-50)51-19-11-4-12-20-51/h1-40,53H. The van der Waals surface area contributed by atoms with Crippen molar-refractivity contribution < 1.29 is 0 Å². The first kappa shape index (κ1) is 34.1. The first-order valence-corrected chi connectivity index (χ1v) is 18.5. The second kappa shape index (κ2) is 16.6. The fourth-order valence-electron chi connectivity index (χ4n) is 6.96. The predicted octanol–water partition coefficient (Wildman–Crippen LogP) is 14.3. The van der Waals surface area contributed by atoms with Gasteiger partial charge in [-0.25, -0.2) is 0 Å². The third-order valence-electron chi connectivity index (χ3n) is 9.81. The number of benzene rings is 8. The maximum absolute atomic E-state index is 2.28. The van der Waals surface area contributed by atoms with Crippen molar-refractivity contribution in [1.29, 1.82) is 0 Å². The number of para-hydroxylation sites is 2. The van der Waals surface area contributed by atoms with Gasteiger partial charge in [0.2, 0.25) is 0 Å². The largest absolute Gasteiger partial charge is 0.311 e. The van der Waals surface area contributed by atoms with E-state index in [1.165, 1.54) is 44.5 Å². The number of hydrogen-bond acceptors (Lipinski definition) is 1. The van der Waals surface area contributed by atoms with Crippen LogP contribution in [0.25, 0.3) is 35.4 Å². The number of anilines is 3. The Kier molecular flexibility index (Phi) is 10.5. The van der Waals surface area contributed by atoms with Crippen molar-refractivity contribution in [3.05, 3.63) is 257 Å². The number of rotatable bonds is 11. The summed E-state index contributed by atoms with van der Waals surface area (Å²) in [5.41, 5.74) is 14.4. The summed E-state index contributed by atoms with van der Waals surface area (Å²) in [6, 6.07) is 77.7. The summed E-state index contributed by atoms with van der Waals surface area (Å²) >= 11 is 0. The van der Waals surface area contributed by atoms with Crippen molar-refractivity contribution in [2.24, 2.45) is 0 Å². The van der Waals surface area contributed by atoms with Crippen molar-refractivity contribution in [3.8, 4) is 11.1 Å². The van der Waals surface area contributed by atoms with Gasteiger partial charge in [0.25, 0.3) is 0 Å². The lowest BCUT2D eigenvalue weighted by atomic mass is 9.85. The Balaban J connectivity index is 0.904. The van der Waals surface area contributed by atoms with Gasteiger partial charge in [-0.05, 0) is 86.5 Å². The molecule has 0 fully saturated rings. The molecule has 258 valence electrons. The summed E-state index contributed by atoms with van der Waals surface area (Å²) in [6.07, 6.45) is 8.73. The first-order chi connectivity index (χ1) is 26.8. The van der Waals surface area contributed by atoms with E-state index in [4.69, 9.17) is 0 Å². The van der Waals surface area contributed by atoms with Crippen LogP contribution in [-0.4, -0.2) is 0 Å². The zero-order valence-corrected chi connectivity index (χ0v) is 30.1. The van der Waals surface area contributed by atoms with Crippen LogP contribution in [0.4, 0.5) is 17.1 Å². The number of nitrogens with zero attached hydrogens (tertiary/aromatic N) is 1. The Hall–Kier alpha value is -6.96. The zero-order valence-electron chi connectivity index (χ0n) is 30.1. The van der Waals surface area contributed by atoms with E-state index in [9.17, 15) is 0 Å². The molecule has 8 rings (SSSR count). The first-order valence-electron chi connectivity index (χ1n) is 18.5. The molecule has 0 saturated heterocycles. The van der Waals surface area contributed by atoms with Crippen molar-refractivity contribution in [3.63, 3.8) is 0 Å². The van der Waals surface area contributed by atoms with Crippen LogP contribution in [-0.2, 0) is 0 Å². The second-order valence-corrected chi connectivity index (χ2v) is 13.4. The van der Waals surface area contributed by atoms with E-state index in [0.717, 1.165) is 22.6 Å². The highest BCUT2D eigenvalue weighted by Crippen LogP contribution is 2.35. The lowest BCUT2D eigenvalue weighted by Gasteiger charge is -2.25. The highest BCUT2D eigenvalue weighted by molar-refractivity contribution is 5.79. The summed E-state index contributed by atoms with van der Waals surface area (Å²) < 4.78 is 0. The molecule has 54 heavy (non-hydrogen) atoms. The van der Waals surface area contributed by atoms with Gasteiger partial charge in [-0.2, -0.15) is 0 Å². The molecule has 1 nitrogen and oxygen atoms in total. The Bertz CT molecular complexity index is 2160. The zero-order chi connectivity index (χ0) is 36.4. The fraction of sp³-hybridized carbons (Fsp3) is 0.0189. The summed E-state index contributed by atoms with van der Waals surface area (Å²) in [4.78, 5) is 2.28. The van der Waals surface area contributed by atoms with E-state index in [0.29, 0.717) is 0 Å². The highest BCUT2D eigenvalue weighted by atomic mass is 15.1. The minimum Gasteiger partial charge on any atom is -0.311 e. The quantitative estimate of drug-likeness (QED) is 0.0964. The maximum Gasteiger partial charge on any atom is 0.0462 e. The molecule has 0 aliphatic carbocycles. The van der Waals surface area contributed by atoms with Crippen LogP contribution in [0.1, 0.15) is 44.9 Å². The summed E-state index contributed by atoms with van der Waals surface area (Å²) in [7, 11) is 0. The van der Waals surface area contributed by atoms with Gasteiger partial charge < -0.3 is 4.90 Å². The van der Waals surface area contributed by atoms with Gasteiger partial charge in [0, 0.05) is 23.0 Å². The lowest BCUT2D eigenvalue weighted by molar-refractivity contribution is 0.977. The second-order valence-electron chi connectivity index (χ2n) is 13.4. The molecule has 0 aliphatic heterocycles. The molecule has 0 aliphatic rings. The van der Waals surface area contributed by atoms with E-state index in [2.05, 4.69) is 248 Å². The van der Waals surface area contributed by atoms with E-state index >= 15 is 0 Å². The van der Waals surface area contributed by atoms with E-state index < -0.39 is 0 Å². The Morgan fingerprint density at radius 1 is 0.259 bits per heavy atom. The monoisotopic (exact) mass is 691 g/mol. The summed E-state index contributed by atoms with van der Waals surface area (Å²) in [5.74, 6) is 0.207. The third-order valence-corrected chi connectivity index (χ3v) is 9.81. The molecule has 0 spiro atoms. The van der Waals surface area contributed by atoms with Gasteiger partial charge in [0.1, 0.15) is 0 Å². The van der Waals surface area contributed by atoms with Gasteiger partial charge in [0.15, 0.2) is 0 Å². The summed E-state index contributed by atoms with van der Waals surface area (Å²) in [5, 5.41) is 0. The molecule has 1 heteroatoms. The van der Waals surface area contributed by atoms with Crippen molar-refractivity contribution in [2.45, 2.75) is 5.92 Å². The number of hydrogen-bond donors (Lipinski definition) is 0. The van der Waals surface area contributed by atoms with Crippen molar-refractivity contribution >= 4 is 41.4 Å². The van der Waals surface area contributed by atoms with Gasteiger partial charge in [0.05, 0.1) is 0 Å². The van der Waals surface area contributed by atoms with E-state index in [1.54, 1.807) is 0 Å². The molecule has 0 N–H and O–H groups in total. The van der Waals surface area contributed by atoms with Crippen LogP contribution in [0.3, 0.4) is 0 Å². The normalized spacial score (nSPS) is 11.4. The van der Waals surface area contributed by atoms with Crippen molar-refractivity contribution in [2.75, 3.05) is 4.90 Å². The van der Waals surface area contributed by atoms with Crippen LogP contribution in [0.15, 0.2) is 218 Å². The molecule has 0 radical (unpaired) electrons.